The monoisotopic (exact) mass is 593 g/mol. The van der Waals surface area contributed by atoms with E-state index >= 15 is 0 Å². The summed E-state index contributed by atoms with van der Waals surface area (Å²) in [6.45, 7) is 3.32. The summed E-state index contributed by atoms with van der Waals surface area (Å²) in [5, 5.41) is 8.59. The van der Waals surface area contributed by atoms with Gasteiger partial charge in [0.15, 0.2) is 5.65 Å². The third-order valence-electron chi connectivity index (χ3n) is 7.84. The fourth-order valence-electron chi connectivity index (χ4n) is 5.15. The number of rotatable bonds is 9. The Kier molecular flexibility index (Phi) is 7.35. The second-order valence-corrected chi connectivity index (χ2v) is 11.4. The Bertz CT molecular complexity index is 1730. The van der Waals surface area contributed by atoms with Gasteiger partial charge in [-0.25, -0.2) is 9.37 Å². The summed E-state index contributed by atoms with van der Waals surface area (Å²) in [5.74, 6) is -0.460. The van der Waals surface area contributed by atoms with Crippen LogP contribution in [-0.4, -0.2) is 52.2 Å². The fraction of sp³-hybridized carbons (Fsp3) is 0.344. The SMILES string of the molecule is Cc1cc(-c2cnc3c(NCCC(F)(F)F)cc(-c4ccc(C(=O)NC5CC5F)c(C)c4)cn23)ccc1C(=O)NC1CC1. The zero-order valence-electron chi connectivity index (χ0n) is 23.7. The number of hydrogen-bond acceptors (Lipinski definition) is 4. The van der Waals surface area contributed by atoms with Crippen LogP contribution >= 0.6 is 0 Å². The molecule has 2 heterocycles. The summed E-state index contributed by atoms with van der Waals surface area (Å²) in [5.41, 5.74) is 6.29. The molecule has 6 rings (SSSR count). The highest BCUT2D eigenvalue weighted by atomic mass is 19.4. The van der Waals surface area contributed by atoms with Crippen molar-refractivity contribution in [1.82, 2.24) is 20.0 Å². The standard InChI is InChI=1S/C32H31F4N5O2/c1-17-11-19(3-7-24(17)31(43)40-26-14-25(26)33)21-13-27(37-10-9-32(34,35)36)29-38-15-28(41(29)16-21)20-4-8-23(18(2)12-20)30(42)39-22-5-6-22/h3-4,7-8,11-13,15-16,22,25-26,37H,5-6,9-10,14H2,1-2H3,(H,39,42)(H,40,43). The quantitative estimate of drug-likeness (QED) is 0.197. The minimum Gasteiger partial charge on any atom is -0.382 e. The normalized spacial score (nSPS) is 18.0. The van der Waals surface area contributed by atoms with Crippen molar-refractivity contribution in [2.45, 2.75) is 64.0 Å². The van der Waals surface area contributed by atoms with Crippen LogP contribution in [0.2, 0.25) is 0 Å². The second-order valence-electron chi connectivity index (χ2n) is 11.4. The maximum atomic E-state index is 13.3. The lowest BCUT2D eigenvalue weighted by molar-refractivity contribution is -0.131. The van der Waals surface area contributed by atoms with E-state index in [4.69, 9.17) is 0 Å². The van der Waals surface area contributed by atoms with Crippen LogP contribution in [0.5, 0.6) is 0 Å². The molecule has 2 amide bonds. The van der Waals surface area contributed by atoms with Gasteiger partial charge in [0.25, 0.3) is 11.8 Å². The molecule has 7 nitrogen and oxygen atoms in total. The molecule has 4 aromatic rings. The average Bonchev–Trinajstić information content (AvgIpc) is 3.85. The van der Waals surface area contributed by atoms with Gasteiger partial charge in [-0.2, -0.15) is 13.2 Å². The van der Waals surface area contributed by atoms with Gasteiger partial charge in [0.1, 0.15) is 6.17 Å². The molecule has 0 aliphatic heterocycles. The molecular weight excluding hydrogens is 562 g/mol. The number of aryl methyl sites for hydroxylation is 2. The Morgan fingerprint density at radius 2 is 1.56 bits per heavy atom. The van der Waals surface area contributed by atoms with Crippen molar-refractivity contribution in [3.63, 3.8) is 0 Å². The number of carbonyl (C=O) groups excluding carboxylic acids is 2. The zero-order valence-corrected chi connectivity index (χ0v) is 23.7. The minimum atomic E-state index is -4.32. The van der Waals surface area contributed by atoms with E-state index in [-0.39, 0.29) is 24.4 Å². The third-order valence-corrected chi connectivity index (χ3v) is 7.84. The smallest absolute Gasteiger partial charge is 0.382 e. The third kappa shape index (κ3) is 6.35. The van der Waals surface area contributed by atoms with E-state index in [1.807, 2.05) is 35.7 Å². The predicted molar refractivity (Wildman–Crippen MR) is 156 cm³/mol. The number of aromatic nitrogens is 2. The lowest BCUT2D eigenvalue weighted by Crippen LogP contribution is -2.27. The number of benzene rings is 2. The fourth-order valence-corrected chi connectivity index (χ4v) is 5.15. The molecule has 3 N–H and O–H groups in total. The number of imidazole rings is 1. The summed E-state index contributed by atoms with van der Waals surface area (Å²) in [4.78, 5) is 29.8. The first-order valence-electron chi connectivity index (χ1n) is 14.3. The molecule has 224 valence electrons. The lowest BCUT2D eigenvalue weighted by atomic mass is 10.00. The Morgan fingerprint density at radius 3 is 2.16 bits per heavy atom. The molecule has 0 saturated heterocycles. The van der Waals surface area contributed by atoms with E-state index in [1.165, 1.54) is 0 Å². The van der Waals surface area contributed by atoms with Crippen LogP contribution in [-0.2, 0) is 0 Å². The Morgan fingerprint density at radius 1 is 0.930 bits per heavy atom. The van der Waals surface area contributed by atoms with E-state index in [2.05, 4.69) is 20.9 Å². The molecule has 0 bridgehead atoms. The first-order chi connectivity index (χ1) is 20.5. The second kappa shape index (κ2) is 11.0. The number of amides is 2. The summed E-state index contributed by atoms with van der Waals surface area (Å²) < 4.78 is 54.0. The van der Waals surface area contributed by atoms with Crippen molar-refractivity contribution in [2.75, 3.05) is 11.9 Å². The number of nitrogens with one attached hydrogen (secondary N) is 3. The number of halogens is 4. The number of hydrogen-bond donors (Lipinski definition) is 3. The molecule has 2 aliphatic carbocycles. The molecule has 11 heteroatoms. The van der Waals surface area contributed by atoms with Crippen molar-refractivity contribution in [1.29, 1.82) is 0 Å². The minimum absolute atomic E-state index is 0.114. The van der Waals surface area contributed by atoms with Gasteiger partial charge in [0, 0.05) is 47.5 Å². The highest BCUT2D eigenvalue weighted by Crippen LogP contribution is 2.33. The summed E-state index contributed by atoms with van der Waals surface area (Å²) in [6.07, 6.45) is -0.543. The number of carbonyl (C=O) groups is 2. The molecule has 2 aliphatic rings. The topological polar surface area (TPSA) is 87.5 Å². The van der Waals surface area contributed by atoms with Gasteiger partial charge in [-0.05, 0) is 67.6 Å². The van der Waals surface area contributed by atoms with Gasteiger partial charge in [0.2, 0.25) is 0 Å². The summed E-state index contributed by atoms with van der Waals surface area (Å²) in [6, 6.07) is 12.3. The molecular formula is C32H31F4N5O2. The van der Waals surface area contributed by atoms with Crippen molar-refractivity contribution < 1.29 is 27.2 Å². The molecule has 43 heavy (non-hydrogen) atoms. The van der Waals surface area contributed by atoms with E-state index in [0.717, 1.165) is 29.5 Å². The van der Waals surface area contributed by atoms with Gasteiger partial charge < -0.3 is 16.0 Å². The molecule has 0 spiro atoms. The number of anilines is 1. The largest absolute Gasteiger partial charge is 0.390 e. The maximum Gasteiger partial charge on any atom is 0.390 e. The molecule has 2 saturated carbocycles. The number of pyridine rings is 1. The maximum absolute atomic E-state index is 13.3. The lowest BCUT2D eigenvalue weighted by Gasteiger charge is -2.15. The van der Waals surface area contributed by atoms with Crippen molar-refractivity contribution in [3.05, 3.63) is 77.1 Å². The van der Waals surface area contributed by atoms with Crippen LogP contribution in [0.25, 0.3) is 28.0 Å². The van der Waals surface area contributed by atoms with Crippen LogP contribution in [0, 0.1) is 13.8 Å². The molecule has 2 fully saturated rings. The highest BCUT2D eigenvalue weighted by Gasteiger charge is 2.39. The van der Waals surface area contributed by atoms with E-state index in [9.17, 15) is 27.2 Å². The van der Waals surface area contributed by atoms with Gasteiger partial charge in [-0.15, -0.1) is 0 Å². The van der Waals surface area contributed by atoms with E-state index < -0.39 is 24.8 Å². The van der Waals surface area contributed by atoms with Gasteiger partial charge in [0.05, 0.1) is 30.0 Å². The van der Waals surface area contributed by atoms with Gasteiger partial charge in [-0.1, -0.05) is 18.2 Å². The van der Waals surface area contributed by atoms with Crippen LogP contribution in [0.3, 0.4) is 0 Å². The highest BCUT2D eigenvalue weighted by molar-refractivity contribution is 5.97. The average molecular weight is 594 g/mol. The van der Waals surface area contributed by atoms with Crippen LogP contribution in [0.4, 0.5) is 23.2 Å². The first kappa shape index (κ1) is 28.7. The van der Waals surface area contributed by atoms with Crippen molar-refractivity contribution in [2.24, 2.45) is 0 Å². The number of nitrogens with zero attached hydrogens (tertiary/aromatic N) is 2. The Hall–Kier alpha value is -4.41. The Balaban J connectivity index is 1.36. The van der Waals surface area contributed by atoms with Crippen LogP contribution < -0.4 is 16.0 Å². The molecule has 2 unspecified atom stereocenters. The van der Waals surface area contributed by atoms with Crippen molar-refractivity contribution in [3.8, 4) is 22.4 Å². The number of fused-ring (bicyclic) bond motifs is 1. The summed E-state index contributed by atoms with van der Waals surface area (Å²) in [7, 11) is 0. The molecule has 0 radical (unpaired) electrons. The summed E-state index contributed by atoms with van der Waals surface area (Å²) >= 11 is 0. The van der Waals surface area contributed by atoms with Crippen molar-refractivity contribution >= 4 is 23.1 Å². The van der Waals surface area contributed by atoms with E-state index in [0.29, 0.717) is 45.7 Å². The molecule has 2 aromatic carbocycles. The van der Waals surface area contributed by atoms with Gasteiger partial charge in [-0.3, -0.25) is 14.0 Å². The van der Waals surface area contributed by atoms with Crippen LogP contribution in [0.1, 0.15) is 57.5 Å². The molecule has 2 atom stereocenters. The van der Waals surface area contributed by atoms with E-state index in [1.54, 1.807) is 37.4 Å². The van der Waals surface area contributed by atoms with Gasteiger partial charge >= 0.3 is 6.18 Å². The van der Waals surface area contributed by atoms with Crippen LogP contribution in [0.15, 0.2) is 54.9 Å². The number of alkyl halides is 4. The Labute approximate surface area is 245 Å². The molecule has 2 aromatic heterocycles. The zero-order chi connectivity index (χ0) is 30.5. The predicted octanol–water partition coefficient (Wildman–Crippen LogP) is 6.38. The first-order valence-corrected chi connectivity index (χ1v) is 14.3.